The number of hydrogen-bond acceptors (Lipinski definition) is 2. The van der Waals surface area contributed by atoms with Gasteiger partial charge in [0.25, 0.3) is 0 Å². The summed E-state index contributed by atoms with van der Waals surface area (Å²) in [5, 5.41) is 10.2. The zero-order valence-corrected chi connectivity index (χ0v) is 12.5. The predicted octanol–water partition coefficient (Wildman–Crippen LogP) is 4.00. The largest absolute Gasteiger partial charge is 0.388 e. The Bertz CT molecular complexity index is 374. The molecule has 0 radical (unpaired) electrons. The summed E-state index contributed by atoms with van der Waals surface area (Å²) in [6.45, 7) is 6.10. The van der Waals surface area contributed by atoms with Crippen LogP contribution in [0.25, 0.3) is 0 Å². The molecule has 0 aliphatic rings. The summed E-state index contributed by atoms with van der Waals surface area (Å²) in [7, 11) is 1.70. The molecule has 0 fully saturated rings. The SMILES string of the molecule is COC(C)(C)CCC(O)c1ccc(C)cc1Br. The molecule has 17 heavy (non-hydrogen) atoms. The molecule has 0 amide bonds. The lowest BCUT2D eigenvalue weighted by molar-refractivity contribution is 0.00272. The lowest BCUT2D eigenvalue weighted by Gasteiger charge is -2.24. The van der Waals surface area contributed by atoms with Gasteiger partial charge in [-0.05, 0) is 50.8 Å². The quantitative estimate of drug-likeness (QED) is 0.891. The van der Waals surface area contributed by atoms with Crippen molar-refractivity contribution >= 4 is 15.9 Å². The van der Waals surface area contributed by atoms with Gasteiger partial charge in [0.15, 0.2) is 0 Å². The van der Waals surface area contributed by atoms with Crippen LogP contribution in [0.15, 0.2) is 22.7 Å². The Morgan fingerprint density at radius 2 is 2.06 bits per heavy atom. The summed E-state index contributed by atoms with van der Waals surface area (Å²) in [4.78, 5) is 0. The zero-order valence-electron chi connectivity index (χ0n) is 11.0. The Hall–Kier alpha value is -0.380. The molecule has 0 heterocycles. The van der Waals surface area contributed by atoms with E-state index in [1.165, 1.54) is 5.56 Å². The Balaban J connectivity index is 2.67. The van der Waals surface area contributed by atoms with Gasteiger partial charge in [-0.25, -0.2) is 0 Å². The molecule has 0 aliphatic heterocycles. The Morgan fingerprint density at radius 1 is 1.41 bits per heavy atom. The summed E-state index contributed by atoms with van der Waals surface area (Å²) >= 11 is 3.49. The second-order valence-corrected chi connectivity index (χ2v) is 5.90. The highest BCUT2D eigenvalue weighted by Crippen LogP contribution is 2.29. The van der Waals surface area contributed by atoms with Crippen molar-refractivity contribution in [1.29, 1.82) is 0 Å². The van der Waals surface area contributed by atoms with Gasteiger partial charge in [0.1, 0.15) is 0 Å². The Kier molecular flexibility index (Phi) is 5.17. The predicted molar refractivity (Wildman–Crippen MR) is 74.2 cm³/mol. The lowest BCUT2D eigenvalue weighted by Crippen LogP contribution is -2.23. The number of aryl methyl sites for hydroxylation is 1. The summed E-state index contributed by atoms with van der Waals surface area (Å²) < 4.78 is 6.32. The first kappa shape index (κ1) is 14.7. The summed E-state index contributed by atoms with van der Waals surface area (Å²) in [5.41, 5.74) is 1.95. The van der Waals surface area contributed by atoms with Crippen molar-refractivity contribution < 1.29 is 9.84 Å². The number of aliphatic hydroxyl groups excluding tert-OH is 1. The number of rotatable bonds is 5. The summed E-state index contributed by atoms with van der Waals surface area (Å²) in [6, 6.07) is 6.02. The number of aliphatic hydroxyl groups is 1. The number of ether oxygens (including phenoxy) is 1. The molecular formula is C14H21BrO2. The fraction of sp³-hybridized carbons (Fsp3) is 0.571. The van der Waals surface area contributed by atoms with Gasteiger partial charge < -0.3 is 9.84 Å². The molecule has 1 N–H and O–H groups in total. The van der Waals surface area contributed by atoms with Crippen molar-refractivity contribution in [2.24, 2.45) is 0 Å². The van der Waals surface area contributed by atoms with Crippen molar-refractivity contribution in [3.8, 4) is 0 Å². The van der Waals surface area contributed by atoms with Crippen LogP contribution in [-0.4, -0.2) is 17.8 Å². The smallest absolute Gasteiger partial charge is 0.0802 e. The van der Waals surface area contributed by atoms with Crippen molar-refractivity contribution in [3.63, 3.8) is 0 Å². The van der Waals surface area contributed by atoms with Gasteiger partial charge in [-0.1, -0.05) is 28.1 Å². The minimum Gasteiger partial charge on any atom is -0.388 e. The van der Waals surface area contributed by atoms with Crippen LogP contribution >= 0.6 is 15.9 Å². The fourth-order valence-electron chi connectivity index (χ4n) is 1.64. The molecule has 0 saturated heterocycles. The topological polar surface area (TPSA) is 29.5 Å². The minimum absolute atomic E-state index is 0.182. The lowest BCUT2D eigenvalue weighted by atomic mass is 9.96. The normalized spacial score (nSPS) is 13.8. The minimum atomic E-state index is -0.445. The molecule has 1 aromatic rings. The first-order valence-corrected chi connectivity index (χ1v) is 6.64. The molecule has 0 bridgehead atoms. The monoisotopic (exact) mass is 300 g/mol. The number of halogens is 1. The van der Waals surface area contributed by atoms with Crippen LogP contribution in [-0.2, 0) is 4.74 Å². The van der Waals surface area contributed by atoms with E-state index >= 15 is 0 Å². The van der Waals surface area contributed by atoms with Crippen LogP contribution in [0.5, 0.6) is 0 Å². The second kappa shape index (κ2) is 5.98. The third-order valence-electron chi connectivity index (χ3n) is 3.09. The molecule has 0 spiro atoms. The maximum Gasteiger partial charge on any atom is 0.0802 e. The van der Waals surface area contributed by atoms with Gasteiger partial charge in [0.2, 0.25) is 0 Å². The van der Waals surface area contributed by atoms with E-state index in [2.05, 4.69) is 15.9 Å². The third kappa shape index (κ3) is 4.41. The first-order valence-electron chi connectivity index (χ1n) is 5.85. The maximum absolute atomic E-state index is 10.2. The van der Waals surface area contributed by atoms with Crippen LogP contribution in [0.2, 0.25) is 0 Å². The number of methoxy groups -OCH3 is 1. The van der Waals surface area contributed by atoms with Crippen LogP contribution in [0.1, 0.15) is 43.9 Å². The van der Waals surface area contributed by atoms with Crippen molar-refractivity contribution in [2.75, 3.05) is 7.11 Å². The van der Waals surface area contributed by atoms with E-state index in [9.17, 15) is 5.11 Å². The van der Waals surface area contributed by atoms with Crippen LogP contribution < -0.4 is 0 Å². The van der Waals surface area contributed by atoms with Crippen LogP contribution in [0.4, 0.5) is 0 Å². The standard InChI is InChI=1S/C14H21BrO2/c1-10-5-6-11(12(15)9-10)13(16)7-8-14(2,3)17-4/h5-6,9,13,16H,7-8H2,1-4H3. The summed E-state index contributed by atoms with van der Waals surface area (Å²) in [6.07, 6.45) is 1.08. The van der Waals surface area contributed by atoms with E-state index in [4.69, 9.17) is 4.74 Å². The highest BCUT2D eigenvalue weighted by atomic mass is 79.9. The second-order valence-electron chi connectivity index (χ2n) is 5.04. The molecule has 0 aromatic heterocycles. The van der Waals surface area contributed by atoms with Gasteiger partial charge in [-0.2, -0.15) is 0 Å². The molecule has 1 atom stereocenters. The molecule has 96 valence electrons. The van der Waals surface area contributed by atoms with E-state index in [-0.39, 0.29) is 5.60 Å². The van der Waals surface area contributed by atoms with Gasteiger partial charge >= 0.3 is 0 Å². The van der Waals surface area contributed by atoms with E-state index in [0.717, 1.165) is 16.5 Å². The first-order chi connectivity index (χ1) is 7.85. The highest BCUT2D eigenvalue weighted by Gasteiger charge is 2.20. The molecule has 1 unspecified atom stereocenters. The van der Waals surface area contributed by atoms with Crippen LogP contribution in [0.3, 0.4) is 0 Å². The van der Waals surface area contributed by atoms with Gasteiger partial charge in [-0.3, -0.25) is 0 Å². The van der Waals surface area contributed by atoms with Crippen LogP contribution in [0, 0.1) is 6.92 Å². The maximum atomic E-state index is 10.2. The van der Waals surface area contributed by atoms with E-state index in [1.807, 2.05) is 39.0 Å². The van der Waals surface area contributed by atoms with Crippen molar-refractivity contribution in [2.45, 2.75) is 45.3 Å². The fourth-order valence-corrected chi connectivity index (χ4v) is 2.40. The molecular weight excluding hydrogens is 280 g/mol. The number of benzene rings is 1. The average molecular weight is 301 g/mol. The third-order valence-corrected chi connectivity index (χ3v) is 3.77. The van der Waals surface area contributed by atoms with Gasteiger partial charge in [-0.15, -0.1) is 0 Å². The molecule has 3 heteroatoms. The molecule has 0 aliphatic carbocycles. The van der Waals surface area contributed by atoms with Gasteiger partial charge in [0.05, 0.1) is 11.7 Å². The molecule has 1 aromatic carbocycles. The van der Waals surface area contributed by atoms with E-state index in [1.54, 1.807) is 7.11 Å². The molecule has 0 saturated carbocycles. The molecule has 2 nitrogen and oxygen atoms in total. The Labute approximate surface area is 112 Å². The summed E-state index contributed by atoms with van der Waals surface area (Å²) in [5.74, 6) is 0. The number of hydrogen-bond donors (Lipinski definition) is 1. The average Bonchev–Trinajstić information content (AvgIpc) is 2.26. The zero-order chi connectivity index (χ0) is 13.1. The molecule has 1 rings (SSSR count). The van der Waals surface area contributed by atoms with Gasteiger partial charge in [0, 0.05) is 11.6 Å². The van der Waals surface area contributed by atoms with Crippen molar-refractivity contribution in [3.05, 3.63) is 33.8 Å². The van der Waals surface area contributed by atoms with Crippen molar-refractivity contribution in [1.82, 2.24) is 0 Å². The van der Waals surface area contributed by atoms with E-state index in [0.29, 0.717) is 6.42 Å². The highest BCUT2D eigenvalue weighted by molar-refractivity contribution is 9.10. The van der Waals surface area contributed by atoms with E-state index < -0.39 is 6.10 Å². The Morgan fingerprint density at radius 3 is 2.59 bits per heavy atom.